The molecule has 1 aromatic heterocycles. The van der Waals surface area contributed by atoms with Gasteiger partial charge in [0, 0.05) is 19.1 Å². The Bertz CT molecular complexity index is 396. The Morgan fingerprint density at radius 2 is 2.32 bits per heavy atom. The lowest BCUT2D eigenvalue weighted by molar-refractivity contribution is -0.0471. The molecule has 2 heterocycles. The molecule has 0 saturated carbocycles. The van der Waals surface area contributed by atoms with Gasteiger partial charge >= 0.3 is 0 Å². The van der Waals surface area contributed by atoms with Crippen LogP contribution < -0.4 is 0 Å². The molecule has 1 aromatic rings. The van der Waals surface area contributed by atoms with Gasteiger partial charge in [0.05, 0.1) is 30.8 Å². The maximum absolute atomic E-state index is 6.16. The van der Waals surface area contributed by atoms with E-state index in [4.69, 9.17) is 16.3 Å². The first-order valence-electron chi connectivity index (χ1n) is 7.00. The highest BCUT2D eigenvalue weighted by Gasteiger charge is 2.23. The lowest BCUT2D eigenvalue weighted by Gasteiger charge is -2.35. The van der Waals surface area contributed by atoms with E-state index in [1.54, 1.807) is 0 Å². The van der Waals surface area contributed by atoms with Crippen molar-refractivity contribution < 1.29 is 4.74 Å². The largest absolute Gasteiger partial charge is 0.374 e. The third-order valence-electron chi connectivity index (χ3n) is 3.53. The zero-order chi connectivity index (χ0) is 13.8. The van der Waals surface area contributed by atoms with Crippen LogP contribution in [0.2, 0.25) is 0 Å². The monoisotopic (exact) mass is 286 g/mol. The van der Waals surface area contributed by atoms with Crippen molar-refractivity contribution in [3.05, 3.63) is 11.9 Å². The van der Waals surface area contributed by atoms with E-state index in [2.05, 4.69) is 29.1 Å². The quantitative estimate of drug-likeness (QED) is 0.778. The number of aromatic nitrogens is 3. The Balaban J connectivity index is 1.91. The lowest BCUT2D eigenvalue weighted by atomic mass is 10.2. The van der Waals surface area contributed by atoms with E-state index in [1.165, 1.54) is 0 Å². The minimum Gasteiger partial charge on any atom is -0.374 e. The van der Waals surface area contributed by atoms with Crippen molar-refractivity contribution >= 4 is 11.6 Å². The SMILES string of the molecule is CCC(Cl)c1cn(CC2CN(C(C)C)CCO2)nn1. The summed E-state index contributed by atoms with van der Waals surface area (Å²) in [5.41, 5.74) is 0.848. The fourth-order valence-corrected chi connectivity index (χ4v) is 2.39. The van der Waals surface area contributed by atoms with Gasteiger partial charge in [-0.15, -0.1) is 16.7 Å². The van der Waals surface area contributed by atoms with Crippen molar-refractivity contribution in [1.29, 1.82) is 0 Å². The Morgan fingerprint density at radius 1 is 1.53 bits per heavy atom. The van der Waals surface area contributed by atoms with Crippen molar-refractivity contribution in [2.45, 2.75) is 51.3 Å². The Hall–Kier alpha value is -0.650. The van der Waals surface area contributed by atoms with Gasteiger partial charge < -0.3 is 4.74 Å². The van der Waals surface area contributed by atoms with Crippen molar-refractivity contribution in [2.75, 3.05) is 19.7 Å². The average Bonchev–Trinajstić information content (AvgIpc) is 2.86. The van der Waals surface area contributed by atoms with E-state index in [0.717, 1.165) is 38.4 Å². The molecule has 0 radical (unpaired) electrons. The van der Waals surface area contributed by atoms with Crippen LogP contribution in [-0.2, 0) is 11.3 Å². The second-order valence-corrected chi connectivity index (χ2v) is 5.85. The van der Waals surface area contributed by atoms with Gasteiger partial charge in [0.25, 0.3) is 0 Å². The topological polar surface area (TPSA) is 43.2 Å². The molecule has 0 bridgehead atoms. The van der Waals surface area contributed by atoms with E-state index < -0.39 is 0 Å². The van der Waals surface area contributed by atoms with E-state index in [1.807, 2.05) is 17.8 Å². The van der Waals surface area contributed by atoms with E-state index in [-0.39, 0.29) is 11.5 Å². The first-order chi connectivity index (χ1) is 9.10. The molecule has 2 rings (SSSR count). The van der Waals surface area contributed by atoms with Crippen LogP contribution in [-0.4, -0.2) is 51.7 Å². The van der Waals surface area contributed by atoms with Gasteiger partial charge in [0.1, 0.15) is 5.69 Å². The first kappa shape index (κ1) is 14.8. The highest BCUT2D eigenvalue weighted by atomic mass is 35.5. The standard InChI is InChI=1S/C13H23ClN4O/c1-4-12(14)13-9-18(16-15-13)8-11-7-17(10(2)3)5-6-19-11/h9-12H,4-8H2,1-3H3. The number of hydrogen-bond donors (Lipinski definition) is 0. The number of ether oxygens (including phenoxy) is 1. The van der Waals surface area contributed by atoms with Crippen LogP contribution in [0, 0.1) is 0 Å². The third kappa shape index (κ3) is 3.91. The third-order valence-corrected chi connectivity index (χ3v) is 4.06. The summed E-state index contributed by atoms with van der Waals surface area (Å²) in [6.07, 6.45) is 2.97. The molecule has 1 saturated heterocycles. The summed E-state index contributed by atoms with van der Waals surface area (Å²) in [5, 5.41) is 8.20. The summed E-state index contributed by atoms with van der Waals surface area (Å²) < 4.78 is 7.64. The molecule has 6 heteroatoms. The van der Waals surface area contributed by atoms with E-state index >= 15 is 0 Å². The van der Waals surface area contributed by atoms with Crippen LogP contribution in [0.1, 0.15) is 38.3 Å². The van der Waals surface area contributed by atoms with Crippen LogP contribution >= 0.6 is 11.6 Å². The van der Waals surface area contributed by atoms with Crippen LogP contribution in [0.25, 0.3) is 0 Å². The maximum atomic E-state index is 6.16. The Labute approximate surface area is 119 Å². The number of rotatable bonds is 5. The Morgan fingerprint density at radius 3 is 3.00 bits per heavy atom. The van der Waals surface area contributed by atoms with E-state index in [0.29, 0.717) is 6.04 Å². The zero-order valence-electron chi connectivity index (χ0n) is 11.9. The molecule has 0 spiro atoms. The summed E-state index contributed by atoms with van der Waals surface area (Å²) >= 11 is 6.16. The number of hydrogen-bond acceptors (Lipinski definition) is 4. The van der Waals surface area contributed by atoms with Crippen LogP contribution in [0.15, 0.2) is 6.20 Å². The molecule has 2 unspecified atom stereocenters. The van der Waals surface area contributed by atoms with Gasteiger partial charge in [-0.2, -0.15) is 0 Å². The summed E-state index contributed by atoms with van der Waals surface area (Å²) in [7, 11) is 0. The number of alkyl halides is 1. The molecule has 0 N–H and O–H groups in total. The van der Waals surface area contributed by atoms with Crippen LogP contribution in [0.4, 0.5) is 0 Å². The second kappa shape index (κ2) is 6.68. The molecular weight excluding hydrogens is 264 g/mol. The molecule has 5 nitrogen and oxygen atoms in total. The summed E-state index contributed by atoms with van der Waals surface area (Å²) in [6, 6.07) is 0.560. The average molecular weight is 287 g/mol. The van der Waals surface area contributed by atoms with Gasteiger partial charge in [-0.3, -0.25) is 4.90 Å². The molecule has 2 atom stereocenters. The van der Waals surface area contributed by atoms with E-state index in [9.17, 15) is 0 Å². The summed E-state index contributed by atoms with van der Waals surface area (Å²) in [5.74, 6) is 0. The summed E-state index contributed by atoms with van der Waals surface area (Å²) in [4.78, 5) is 2.43. The van der Waals surface area contributed by atoms with Gasteiger partial charge in [-0.25, -0.2) is 4.68 Å². The summed E-state index contributed by atoms with van der Waals surface area (Å²) in [6.45, 7) is 9.97. The number of nitrogens with zero attached hydrogens (tertiary/aromatic N) is 4. The number of morpholine rings is 1. The molecular formula is C13H23ClN4O. The highest BCUT2D eigenvalue weighted by Crippen LogP contribution is 2.21. The van der Waals surface area contributed by atoms with Crippen molar-refractivity contribution in [1.82, 2.24) is 19.9 Å². The van der Waals surface area contributed by atoms with Crippen molar-refractivity contribution in [3.63, 3.8) is 0 Å². The van der Waals surface area contributed by atoms with Gasteiger partial charge in [0.15, 0.2) is 0 Å². The minimum absolute atomic E-state index is 0.0480. The molecule has 108 valence electrons. The van der Waals surface area contributed by atoms with Crippen molar-refractivity contribution in [3.8, 4) is 0 Å². The molecule has 0 aliphatic carbocycles. The normalized spacial score (nSPS) is 22.9. The van der Waals surface area contributed by atoms with Crippen molar-refractivity contribution in [2.24, 2.45) is 0 Å². The second-order valence-electron chi connectivity index (χ2n) is 5.32. The first-order valence-corrected chi connectivity index (χ1v) is 7.43. The molecule has 0 amide bonds. The predicted molar refractivity (Wildman–Crippen MR) is 75.4 cm³/mol. The smallest absolute Gasteiger partial charge is 0.100 e. The van der Waals surface area contributed by atoms with Crippen LogP contribution in [0.5, 0.6) is 0 Å². The molecule has 19 heavy (non-hydrogen) atoms. The minimum atomic E-state index is -0.0480. The molecule has 1 aliphatic rings. The van der Waals surface area contributed by atoms with Gasteiger partial charge in [-0.1, -0.05) is 12.1 Å². The predicted octanol–water partition coefficient (Wildman–Crippen LogP) is 2.08. The maximum Gasteiger partial charge on any atom is 0.100 e. The molecule has 0 aromatic carbocycles. The highest BCUT2D eigenvalue weighted by molar-refractivity contribution is 6.20. The number of halogens is 1. The van der Waals surface area contributed by atoms with Gasteiger partial charge in [0.2, 0.25) is 0 Å². The molecule has 1 fully saturated rings. The fraction of sp³-hybridized carbons (Fsp3) is 0.846. The zero-order valence-corrected chi connectivity index (χ0v) is 12.7. The lowest BCUT2D eigenvalue weighted by Crippen LogP contribution is -2.47. The fourth-order valence-electron chi connectivity index (χ4n) is 2.29. The van der Waals surface area contributed by atoms with Gasteiger partial charge in [-0.05, 0) is 20.3 Å². The molecule has 1 aliphatic heterocycles. The van der Waals surface area contributed by atoms with Crippen LogP contribution in [0.3, 0.4) is 0 Å². The Kier molecular flexibility index (Phi) is 5.19.